The molecule has 3 heteroatoms. The van der Waals surface area contributed by atoms with Crippen LogP contribution in [0.1, 0.15) is 18.4 Å². The van der Waals surface area contributed by atoms with Crippen LogP contribution in [0.3, 0.4) is 0 Å². The van der Waals surface area contributed by atoms with Gasteiger partial charge in [-0.1, -0.05) is 46.3 Å². The van der Waals surface area contributed by atoms with Crippen molar-refractivity contribution in [3.8, 4) is 5.75 Å². The number of hydrogen-bond acceptors (Lipinski definition) is 1. The smallest absolute Gasteiger partial charge is 0.119 e. The predicted octanol–water partition coefficient (Wildman–Crippen LogP) is 5.71. The third-order valence-corrected chi connectivity index (χ3v) is 4.39. The summed E-state index contributed by atoms with van der Waals surface area (Å²) in [6.07, 6.45) is 3.15. The van der Waals surface area contributed by atoms with Gasteiger partial charge in [-0.25, -0.2) is 0 Å². The Kier molecular flexibility index (Phi) is 7.11. The molecule has 0 radical (unpaired) electrons. The van der Waals surface area contributed by atoms with Crippen molar-refractivity contribution >= 4 is 27.5 Å². The molecule has 0 amide bonds. The van der Waals surface area contributed by atoms with E-state index in [1.54, 1.807) is 0 Å². The number of alkyl halides is 1. The first-order valence-electron chi connectivity index (χ1n) is 7.26. The molecule has 2 aromatic carbocycles. The van der Waals surface area contributed by atoms with Crippen molar-refractivity contribution in [3.05, 3.63) is 64.6 Å². The second-order valence-corrected chi connectivity index (χ2v) is 6.38. The number of para-hydroxylation sites is 1. The fourth-order valence-corrected chi connectivity index (χ4v) is 2.79. The van der Waals surface area contributed by atoms with Gasteiger partial charge < -0.3 is 4.74 Å². The molecular weight excluding hydrogens is 348 g/mol. The monoisotopic (exact) mass is 366 g/mol. The van der Waals surface area contributed by atoms with Crippen molar-refractivity contribution in [3.63, 3.8) is 0 Å². The fourth-order valence-electron chi connectivity index (χ4n) is 2.27. The van der Waals surface area contributed by atoms with E-state index in [-0.39, 0.29) is 0 Å². The quantitative estimate of drug-likeness (QED) is 0.429. The molecule has 112 valence electrons. The van der Waals surface area contributed by atoms with Crippen molar-refractivity contribution in [1.82, 2.24) is 0 Å². The minimum Gasteiger partial charge on any atom is -0.494 e. The van der Waals surface area contributed by atoms with Crippen molar-refractivity contribution in [1.29, 1.82) is 0 Å². The van der Waals surface area contributed by atoms with Gasteiger partial charge in [0.05, 0.1) is 6.61 Å². The summed E-state index contributed by atoms with van der Waals surface area (Å²) in [7, 11) is 0. The molecule has 2 aromatic rings. The first-order valence-corrected chi connectivity index (χ1v) is 8.59. The van der Waals surface area contributed by atoms with Gasteiger partial charge in [0, 0.05) is 10.4 Å². The van der Waals surface area contributed by atoms with E-state index in [1.165, 1.54) is 5.56 Å². The zero-order valence-corrected chi connectivity index (χ0v) is 14.3. The summed E-state index contributed by atoms with van der Waals surface area (Å²) in [5.41, 5.74) is 1.34. The molecule has 0 aliphatic rings. The maximum atomic E-state index is 6.09. The lowest BCUT2D eigenvalue weighted by atomic mass is 9.97. The van der Waals surface area contributed by atoms with E-state index >= 15 is 0 Å². The van der Waals surface area contributed by atoms with Crippen LogP contribution in [-0.4, -0.2) is 12.5 Å². The standard InChI is InChI=1S/C18H20BrClO/c19-17-10-8-15(9-11-17)13-16(14-20)5-4-12-21-18-6-2-1-3-7-18/h1-3,6-11,16H,4-5,12-14H2. The first-order chi connectivity index (χ1) is 10.3. The van der Waals surface area contributed by atoms with Crippen LogP contribution in [0.25, 0.3) is 0 Å². The Hall–Kier alpha value is -0.990. The number of ether oxygens (including phenoxy) is 1. The summed E-state index contributed by atoms with van der Waals surface area (Å²) in [6.45, 7) is 0.748. The van der Waals surface area contributed by atoms with Gasteiger partial charge in [0.15, 0.2) is 0 Å². The van der Waals surface area contributed by atoms with Crippen molar-refractivity contribution in [2.24, 2.45) is 5.92 Å². The molecule has 0 aliphatic heterocycles. The van der Waals surface area contributed by atoms with Gasteiger partial charge >= 0.3 is 0 Å². The maximum Gasteiger partial charge on any atom is 0.119 e. The van der Waals surface area contributed by atoms with Crippen LogP contribution in [0.4, 0.5) is 0 Å². The molecule has 1 nitrogen and oxygen atoms in total. The zero-order chi connectivity index (χ0) is 14.9. The first kappa shape index (κ1) is 16.4. The lowest BCUT2D eigenvalue weighted by Gasteiger charge is -2.14. The Morgan fingerprint density at radius 1 is 1.00 bits per heavy atom. The topological polar surface area (TPSA) is 9.23 Å². The molecule has 1 unspecified atom stereocenters. The highest BCUT2D eigenvalue weighted by atomic mass is 79.9. The van der Waals surface area contributed by atoms with Crippen molar-refractivity contribution < 1.29 is 4.74 Å². The van der Waals surface area contributed by atoms with E-state index in [0.29, 0.717) is 11.8 Å². The Balaban J connectivity index is 1.71. The molecule has 0 saturated heterocycles. The highest BCUT2D eigenvalue weighted by Gasteiger charge is 2.08. The van der Waals surface area contributed by atoms with Crippen molar-refractivity contribution in [2.45, 2.75) is 19.3 Å². The van der Waals surface area contributed by atoms with E-state index in [1.807, 2.05) is 30.3 Å². The minimum absolute atomic E-state index is 0.507. The molecule has 1 atom stereocenters. The SMILES string of the molecule is ClCC(CCCOc1ccccc1)Cc1ccc(Br)cc1. The van der Waals surface area contributed by atoms with E-state index < -0.39 is 0 Å². The molecule has 0 aromatic heterocycles. The van der Waals surface area contributed by atoms with Gasteiger partial charge in [-0.3, -0.25) is 0 Å². The lowest BCUT2D eigenvalue weighted by molar-refractivity contribution is 0.295. The van der Waals surface area contributed by atoms with Gasteiger partial charge in [0.25, 0.3) is 0 Å². The normalized spacial score (nSPS) is 12.1. The van der Waals surface area contributed by atoms with Crippen LogP contribution in [0.15, 0.2) is 59.1 Å². The number of hydrogen-bond donors (Lipinski definition) is 0. The third kappa shape index (κ3) is 6.11. The van der Waals surface area contributed by atoms with Crippen molar-refractivity contribution in [2.75, 3.05) is 12.5 Å². The molecule has 0 heterocycles. The van der Waals surface area contributed by atoms with E-state index in [4.69, 9.17) is 16.3 Å². The van der Waals surface area contributed by atoms with E-state index in [2.05, 4.69) is 40.2 Å². The maximum absolute atomic E-state index is 6.09. The van der Waals surface area contributed by atoms with Gasteiger partial charge in [0.1, 0.15) is 5.75 Å². The van der Waals surface area contributed by atoms with Gasteiger partial charge in [-0.05, 0) is 55.0 Å². The van der Waals surface area contributed by atoms with E-state index in [0.717, 1.165) is 36.1 Å². The average Bonchev–Trinajstić information content (AvgIpc) is 2.53. The second kappa shape index (κ2) is 9.11. The molecule has 0 N–H and O–H groups in total. The molecule has 2 rings (SSSR count). The van der Waals surface area contributed by atoms with Gasteiger partial charge in [-0.15, -0.1) is 11.6 Å². The molecule has 0 aliphatic carbocycles. The summed E-state index contributed by atoms with van der Waals surface area (Å²) in [6, 6.07) is 18.4. The summed E-state index contributed by atoms with van der Waals surface area (Å²) < 4.78 is 6.83. The number of halogens is 2. The van der Waals surface area contributed by atoms with Gasteiger partial charge in [0.2, 0.25) is 0 Å². The Morgan fingerprint density at radius 2 is 1.71 bits per heavy atom. The summed E-state index contributed by atoms with van der Waals surface area (Å²) >= 11 is 9.55. The Labute approximate surface area is 140 Å². The largest absolute Gasteiger partial charge is 0.494 e. The van der Waals surface area contributed by atoms with Gasteiger partial charge in [-0.2, -0.15) is 0 Å². The minimum atomic E-state index is 0.507. The Morgan fingerprint density at radius 3 is 2.38 bits per heavy atom. The van der Waals surface area contributed by atoms with Crippen LogP contribution >= 0.6 is 27.5 Å². The summed E-state index contributed by atoms with van der Waals surface area (Å²) in [4.78, 5) is 0. The lowest BCUT2D eigenvalue weighted by Crippen LogP contribution is -2.09. The summed E-state index contributed by atoms with van der Waals surface area (Å²) in [5, 5.41) is 0. The molecule has 0 saturated carbocycles. The van der Waals surface area contributed by atoms with Crippen LogP contribution in [0.5, 0.6) is 5.75 Å². The summed E-state index contributed by atoms with van der Waals surface area (Å²) in [5.74, 6) is 2.14. The van der Waals surface area contributed by atoms with Crippen LogP contribution in [0.2, 0.25) is 0 Å². The van der Waals surface area contributed by atoms with E-state index in [9.17, 15) is 0 Å². The highest BCUT2D eigenvalue weighted by molar-refractivity contribution is 9.10. The highest BCUT2D eigenvalue weighted by Crippen LogP contribution is 2.18. The molecule has 21 heavy (non-hydrogen) atoms. The second-order valence-electron chi connectivity index (χ2n) is 5.15. The molecular formula is C18H20BrClO. The number of benzene rings is 2. The third-order valence-electron chi connectivity index (χ3n) is 3.42. The molecule has 0 spiro atoms. The average molecular weight is 368 g/mol. The molecule has 0 bridgehead atoms. The fraction of sp³-hybridized carbons (Fsp3) is 0.333. The predicted molar refractivity (Wildman–Crippen MR) is 93.2 cm³/mol. The van der Waals surface area contributed by atoms with Crippen LogP contribution in [-0.2, 0) is 6.42 Å². The Bertz CT molecular complexity index is 513. The van der Waals surface area contributed by atoms with Crippen LogP contribution < -0.4 is 4.74 Å². The van der Waals surface area contributed by atoms with Crippen LogP contribution in [0, 0.1) is 5.92 Å². The number of rotatable bonds is 8. The molecule has 0 fully saturated rings. The zero-order valence-electron chi connectivity index (χ0n) is 12.0.